The molecule has 1 aliphatic heterocycles. The van der Waals surface area contributed by atoms with Crippen molar-refractivity contribution in [1.29, 1.82) is 0 Å². The Kier molecular flexibility index (Phi) is 6.88. The Balaban J connectivity index is 2.10. The maximum atomic E-state index is 13.1. The van der Waals surface area contributed by atoms with Crippen LogP contribution in [0.1, 0.15) is 33.3 Å². The topological polar surface area (TPSA) is 154 Å². The molecule has 2 N–H and O–H groups in total. The van der Waals surface area contributed by atoms with E-state index in [9.17, 15) is 33.0 Å². The van der Waals surface area contributed by atoms with Crippen LogP contribution in [0.15, 0.2) is 23.1 Å². The van der Waals surface area contributed by atoms with Gasteiger partial charge in [0.25, 0.3) is 11.8 Å². The molecule has 2 aromatic rings. The highest BCUT2D eigenvalue weighted by molar-refractivity contribution is 7.89. The fourth-order valence-corrected chi connectivity index (χ4v) is 5.03. The van der Waals surface area contributed by atoms with E-state index in [4.69, 9.17) is 4.74 Å². The average molecular weight is 465 g/mol. The number of ether oxygens (including phenoxy) is 1. The van der Waals surface area contributed by atoms with E-state index in [0.717, 1.165) is 9.21 Å². The van der Waals surface area contributed by atoms with Crippen LogP contribution < -0.4 is 0 Å². The first kappa shape index (κ1) is 23.7. The first-order valence-electron chi connectivity index (χ1n) is 9.79. The van der Waals surface area contributed by atoms with Crippen LogP contribution in [0.5, 0.6) is 0 Å². The highest BCUT2D eigenvalue weighted by atomic mass is 32.2. The van der Waals surface area contributed by atoms with Crippen LogP contribution in [0.2, 0.25) is 0 Å². The zero-order chi connectivity index (χ0) is 23.6. The molecule has 0 saturated heterocycles. The first-order valence-corrected chi connectivity index (χ1v) is 11.2. The largest absolute Gasteiger partial charge is 0.464 e. The second kappa shape index (κ2) is 9.28. The van der Waals surface area contributed by atoms with E-state index in [1.54, 1.807) is 6.92 Å². The summed E-state index contributed by atoms with van der Waals surface area (Å²) in [5.41, 5.74) is 0.758. The van der Waals surface area contributed by atoms with Crippen LogP contribution >= 0.6 is 0 Å². The van der Waals surface area contributed by atoms with E-state index in [0.29, 0.717) is 11.2 Å². The lowest BCUT2D eigenvalue weighted by Gasteiger charge is -2.20. The number of hydrogen-bond donors (Lipinski definition) is 2. The maximum absolute atomic E-state index is 13.1. The normalized spacial score (nSPS) is 13.8. The van der Waals surface area contributed by atoms with Gasteiger partial charge in [0.2, 0.25) is 10.0 Å². The number of carbonyl (C=O) groups is 3. The summed E-state index contributed by atoms with van der Waals surface area (Å²) in [6.45, 7) is 1.17. The minimum atomic E-state index is -4.09. The Morgan fingerprint density at radius 2 is 1.75 bits per heavy atom. The predicted octanol–water partition coefficient (Wildman–Crippen LogP) is -0.322. The summed E-state index contributed by atoms with van der Waals surface area (Å²) in [6, 6.07) is 4.02. The number of rotatable bonds is 9. The van der Waals surface area contributed by atoms with E-state index >= 15 is 0 Å². The Labute approximate surface area is 184 Å². The third-order valence-electron chi connectivity index (χ3n) is 5.01. The molecule has 1 aromatic heterocycles. The van der Waals surface area contributed by atoms with E-state index < -0.39 is 41.0 Å². The van der Waals surface area contributed by atoms with Crippen LogP contribution in [-0.2, 0) is 19.6 Å². The molecule has 0 fully saturated rings. The van der Waals surface area contributed by atoms with Crippen molar-refractivity contribution >= 4 is 38.7 Å². The Hall–Kier alpha value is -2.93. The minimum absolute atomic E-state index is 0.0354. The van der Waals surface area contributed by atoms with Gasteiger partial charge in [-0.2, -0.15) is 4.31 Å². The van der Waals surface area contributed by atoms with Crippen molar-refractivity contribution in [3.8, 4) is 0 Å². The summed E-state index contributed by atoms with van der Waals surface area (Å²) >= 11 is 0. The number of nitrogens with zero attached hydrogens (tertiary/aromatic N) is 3. The van der Waals surface area contributed by atoms with E-state index in [-0.39, 0.29) is 47.6 Å². The number of hydrogen-bond acceptors (Lipinski definition) is 9. The zero-order valence-corrected chi connectivity index (χ0v) is 18.4. The lowest BCUT2D eigenvalue weighted by Crippen LogP contribution is -2.35. The lowest BCUT2D eigenvalue weighted by atomic mass is 10.0. The molecule has 0 saturated carbocycles. The molecule has 0 spiro atoms. The standard InChI is InChI=1S/C20H23N3O8S/c1-12-17-18(20(28)23(19(17)27)7-10-31-13(2)26)15-11-14(3-4-16(15)21-12)32(29,30)22(5-8-24)6-9-25/h3-4,11,24-25H,5-10H2,1-2H3. The summed E-state index contributed by atoms with van der Waals surface area (Å²) in [6.07, 6.45) is 0. The Morgan fingerprint density at radius 1 is 1.12 bits per heavy atom. The second-order valence-electron chi connectivity index (χ2n) is 7.08. The molecule has 172 valence electrons. The van der Waals surface area contributed by atoms with Gasteiger partial charge in [0.1, 0.15) is 6.61 Å². The van der Waals surface area contributed by atoms with E-state index in [2.05, 4.69) is 4.98 Å². The number of aliphatic hydroxyl groups excluding tert-OH is 2. The highest BCUT2D eigenvalue weighted by Gasteiger charge is 2.39. The molecular weight excluding hydrogens is 442 g/mol. The third-order valence-corrected chi connectivity index (χ3v) is 6.91. The molecule has 32 heavy (non-hydrogen) atoms. The quantitative estimate of drug-likeness (QED) is 0.374. The van der Waals surface area contributed by atoms with Crippen molar-refractivity contribution in [3.05, 3.63) is 35.0 Å². The number of fused-ring (bicyclic) bond motifs is 3. The SMILES string of the molecule is CC(=O)OCCN1C(=O)c2c(C)nc3ccc(S(=O)(=O)N(CCO)CCO)cc3c2C1=O. The average Bonchev–Trinajstić information content (AvgIpc) is 2.99. The molecule has 0 unspecified atom stereocenters. The van der Waals surface area contributed by atoms with Gasteiger partial charge in [0.15, 0.2) is 0 Å². The van der Waals surface area contributed by atoms with Gasteiger partial charge in [0.05, 0.1) is 47.0 Å². The molecule has 0 atom stereocenters. The van der Waals surface area contributed by atoms with Crippen molar-refractivity contribution in [1.82, 2.24) is 14.2 Å². The minimum Gasteiger partial charge on any atom is -0.464 e. The number of benzene rings is 1. The van der Waals surface area contributed by atoms with Gasteiger partial charge >= 0.3 is 5.97 Å². The van der Waals surface area contributed by atoms with Crippen molar-refractivity contribution in [2.45, 2.75) is 18.7 Å². The Morgan fingerprint density at radius 3 is 2.34 bits per heavy atom. The number of aromatic nitrogens is 1. The molecule has 3 rings (SSSR count). The summed E-state index contributed by atoms with van der Waals surface area (Å²) in [5, 5.41) is 18.6. The molecule has 2 amide bonds. The van der Waals surface area contributed by atoms with Crippen LogP contribution in [-0.4, -0.2) is 90.1 Å². The number of esters is 1. The number of pyridine rings is 1. The molecular formula is C20H23N3O8S. The van der Waals surface area contributed by atoms with Crippen LogP contribution in [0.25, 0.3) is 10.9 Å². The molecule has 11 nitrogen and oxygen atoms in total. The monoisotopic (exact) mass is 465 g/mol. The van der Waals surface area contributed by atoms with Crippen LogP contribution in [0, 0.1) is 6.92 Å². The van der Waals surface area contributed by atoms with Crippen LogP contribution in [0.4, 0.5) is 0 Å². The molecule has 0 radical (unpaired) electrons. The van der Waals surface area contributed by atoms with Gasteiger partial charge in [0, 0.05) is 25.4 Å². The molecule has 2 heterocycles. The number of amides is 2. The number of aliphatic hydroxyl groups is 2. The fourth-order valence-electron chi connectivity index (χ4n) is 3.58. The van der Waals surface area contributed by atoms with E-state index in [1.807, 2.05) is 0 Å². The smallest absolute Gasteiger partial charge is 0.302 e. The first-order chi connectivity index (χ1) is 15.1. The van der Waals surface area contributed by atoms with Crippen molar-refractivity contribution < 1.29 is 37.8 Å². The predicted molar refractivity (Wildman–Crippen MR) is 111 cm³/mol. The van der Waals surface area contributed by atoms with Gasteiger partial charge in [-0.15, -0.1) is 0 Å². The summed E-state index contributed by atoms with van der Waals surface area (Å²) < 4.78 is 31.8. The number of sulfonamides is 1. The summed E-state index contributed by atoms with van der Waals surface area (Å²) in [7, 11) is -4.09. The van der Waals surface area contributed by atoms with Gasteiger partial charge < -0.3 is 14.9 Å². The second-order valence-corrected chi connectivity index (χ2v) is 9.02. The van der Waals surface area contributed by atoms with Crippen molar-refractivity contribution in [3.63, 3.8) is 0 Å². The molecule has 1 aromatic carbocycles. The summed E-state index contributed by atoms with van der Waals surface area (Å²) in [4.78, 5) is 42.0. The maximum Gasteiger partial charge on any atom is 0.302 e. The number of aryl methyl sites for hydroxylation is 1. The number of carbonyl (C=O) groups excluding carboxylic acids is 3. The fraction of sp³-hybridized carbons (Fsp3) is 0.400. The Bertz CT molecular complexity index is 1190. The van der Waals surface area contributed by atoms with Crippen LogP contribution in [0.3, 0.4) is 0 Å². The van der Waals surface area contributed by atoms with E-state index in [1.165, 1.54) is 25.1 Å². The van der Waals surface area contributed by atoms with Gasteiger partial charge in [-0.05, 0) is 25.1 Å². The molecule has 0 aliphatic carbocycles. The lowest BCUT2D eigenvalue weighted by molar-refractivity contribution is -0.141. The van der Waals surface area contributed by atoms with Crippen molar-refractivity contribution in [2.75, 3.05) is 39.5 Å². The zero-order valence-electron chi connectivity index (χ0n) is 17.6. The number of imide groups is 1. The summed E-state index contributed by atoms with van der Waals surface area (Å²) in [5.74, 6) is -1.78. The molecule has 0 bridgehead atoms. The molecule has 12 heteroatoms. The van der Waals surface area contributed by atoms with Gasteiger partial charge in [-0.3, -0.25) is 24.3 Å². The third kappa shape index (κ3) is 4.21. The van der Waals surface area contributed by atoms with Gasteiger partial charge in [-0.25, -0.2) is 8.42 Å². The highest BCUT2D eigenvalue weighted by Crippen LogP contribution is 2.33. The van der Waals surface area contributed by atoms with Gasteiger partial charge in [-0.1, -0.05) is 0 Å². The molecule has 1 aliphatic rings. The van der Waals surface area contributed by atoms with Crippen molar-refractivity contribution in [2.24, 2.45) is 0 Å².